The highest BCUT2D eigenvalue weighted by Gasteiger charge is 2.19. The average Bonchev–Trinajstić information content (AvgIpc) is 3.40. The fraction of sp³-hybridized carbons (Fsp3) is 0.217. The standard InChI is InChI=1S/C23H19F2N5O3S/c1-3-33-18-9-19(34-22(18)23(31)32)17-8-20(29-11-28-17)27-4-5-30-13(10-26)6-14-12(2)15(24)7-16(25)21(14)30/h6-9,11H,3-5H2,1-2H3,(H,31,32)(H,27,28,29). The number of rotatable bonds is 8. The topological polar surface area (TPSA) is 113 Å². The molecule has 3 aromatic heterocycles. The predicted octanol–water partition coefficient (Wildman–Crippen LogP) is 4.83. The fourth-order valence-corrected chi connectivity index (χ4v) is 4.54. The van der Waals surface area contributed by atoms with Crippen molar-refractivity contribution in [1.82, 2.24) is 14.5 Å². The number of carbonyl (C=O) groups is 1. The second kappa shape index (κ2) is 9.44. The molecule has 0 radical (unpaired) electrons. The molecule has 0 aliphatic carbocycles. The van der Waals surface area contributed by atoms with Crippen LogP contribution in [0.2, 0.25) is 0 Å². The van der Waals surface area contributed by atoms with E-state index in [4.69, 9.17) is 4.74 Å². The molecule has 8 nitrogen and oxygen atoms in total. The summed E-state index contributed by atoms with van der Waals surface area (Å²) in [6.45, 7) is 4.16. The number of carboxylic acids is 1. The van der Waals surface area contributed by atoms with Gasteiger partial charge in [0, 0.05) is 36.7 Å². The number of nitriles is 1. The van der Waals surface area contributed by atoms with Gasteiger partial charge in [-0.1, -0.05) is 0 Å². The van der Waals surface area contributed by atoms with Crippen LogP contribution in [0.3, 0.4) is 0 Å². The van der Waals surface area contributed by atoms with Gasteiger partial charge in [0.15, 0.2) is 4.88 Å². The summed E-state index contributed by atoms with van der Waals surface area (Å²) in [5, 5.41) is 22.3. The number of nitrogens with one attached hydrogen (secondary N) is 1. The van der Waals surface area contributed by atoms with Crippen molar-refractivity contribution in [2.75, 3.05) is 18.5 Å². The van der Waals surface area contributed by atoms with Crippen LogP contribution in [0, 0.1) is 29.9 Å². The molecule has 4 rings (SSSR count). The highest BCUT2D eigenvalue weighted by Crippen LogP contribution is 2.36. The van der Waals surface area contributed by atoms with Crippen LogP contribution in [-0.2, 0) is 6.54 Å². The molecule has 2 N–H and O–H groups in total. The molecule has 0 bridgehead atoms. The predicted molar refractivity (Wildman–Crippen MR) is 123 cm³/mol. The van der Waals surface area contributed by atoms with Crippen LogP contribution in [0.5, 0.6) is 5.75 Å². The SMILES string of the molecule is CCOc1cc(-c2cc(NCCn3c(C#N)cc4c(C)c(F)cc(F)c43)ncn2)sc1C(=O)O. The lowest BCUT2D eigenvalue weighted by atomic mass is 10.1. The highest BCUT2D eigenvalue weighted by molar-refractivity contribution is 7.17. The number of carboxylic acid groups (broad SMARTS) is 1. The molecule has 0 fully saturated rings. The summed E-state index contributed by atoms with van der Waals surface area (Å²) in [6.07, 6.45) is 1.34. The Balaban J connectivity index is 1.56. The summed E-state index contributed by atoms with van der Waals surface area (Å²) < 4.78 is 35.3. The van der Waals surface area contributed by atoms with Crippen molar-refractivity contribution in [1.29, 1.82) is 5.26 Å². The Labute approximate surface area is 197 Å². The summed E-state index contributed by atoms with van der Waals surface area (Å²) in [4.78, 5) is 20.6. The number of thiophene rings is 1. The molecule has 1 aromatic carbocycles. The van der Waals surface area contributed by atoms with Crippen LogP contribution in [-0.4, -0.2) is 38.8 Å². The number of anilines is 1. The van der Waals surface area contributed by atoms with Crippen molar-refractivity contribution < 1.29 is 23.4 Å². The minimum absolute atomic E-state index is 0.0854. The number of aromatic carboxylic acids is 1. The van der Waals surface area contributed by atoms with Crippen molar-refractivity contribution >= 4 is 34.0 Å². The number of fused-ring (bicyclic) bond motifs is 1. The van der Waals surface area contributed by atoms with Crippen molar-refractivity contribution in [3.05, 3.63) is 58.4 Å². The van der Waals surface area contributed by atoms with Gasteiger partial charge in [-0.15, -0.1) is 11.3 Å². The molecule has 0 amide bonds. The maximum atomic E-state index is 14.5. The lowest BCUT2D eigenvalue weighted by molar-refractivity contribution is 0.0698. The third-order valence-electron chi connectivity index (χ3n) is 5.21. The van der Waals surface area contributed by atoms with Crippen LogP contribution >= 0.6 is 11.3 Å². The van der Waals surface area contributed by atoms with Gasteiger partial charge < -0.3 is 19.7 Å². The number of benzene rings is 1. The Morgan fingerprint density at radius 3 is 2.76 bits per heavy atom. The molecular formula is C23H19F2N5O3S. The summed E-state index contributed by atoms with van der Waals surface area (Å²) >= 11 is 1.05. The van der Waals surface area contributed by atoms with E-state index in [9.17, 15) is 23.9 Å². The third kappa shape index (κ3) is 4.27. The summed E-state index contributed by atoms with van der Waals surface area (Å²) in [7, 11) is 0. The van der Waals surface area contributed by atoms with Gasteiger partial charge in [0.05, 0.1) is 22.7 Å². The Morgan fingerprint density at radius 1 is 1.26 bits per heavy atom. The third-order valence-corrected chi connectivity index (χ3v) is 6.33. The van der Waals surface area contributed by atoms with Gasteiger partial charge in [-0.2, -0.15) is 5.26 Å². The first-order valence-corrected chi connectivity index (χ1v) is 11.1. The summed E-state index contributed by atoms with van der Waals surface area (Å²) in [6, 6.07) is 7.61. The summed E-state index contributed by atoms with van der Waals surface area (Å²) in [5.41, 5.74) is 1.18. The zero-order chi connectivity index (χ0) is 24.4. The van der Waals surface area contributed by atoms with Gasteiger partial charge in [0.25, 0.3) is 0 Å². The molecular weight excluding hydrogens is 464 g/mol. The molecule has 4 aromatic rings. The second-order valence-electron chi connectivity index (χ2n) is 7.28. The number of nitrogens with zero attached hydrogens (tertiary/aromatic N) is 4. The zero-order valence-electron chi connectivity index (χ0n) is 18.2. The van der Waals surface area contributed by atoms with E-state index >= 15 is 0 Å². The number of ether oxygens (including phenoxy) is 1. The fourth-order valence-electron chi connectivity index (χ4n) is 3.63. The number of hydrogen-bond donors (Lipinski definition) is 2. The molecule has 174 valence electrons. The first-order valence-electron chi connectivity index (χ1n) is 10.3. The summed E-state index contributed by atoms with van der Waals surface area (Å²) in [5.74, 6) is -1.74. The minimum atomic E-state index is -1.08. The second-order valence-corrected chi connectivity index (χ2v) is 8.33. The zero-order valence-corrected chi connectivity index (χ0v) is 19.0. The maximum Gasteiger partial charge on any atom is 0.349 e. The molecule has 3 heterocycles. The first kappa shape index (κ1) is 23.1. The van der Waals surface area contributed by atoms with E-state index in [0.717, 1.165) is 17.4 Å². The van der Waals surface area contributed by atoms with E-state index in [-0.39, 0.29) is 33.9 Å². The van der Waals surface area contributed by atoms with Crippen molar-refractivity contribution in [2.24, 2.45) is 0 Å². The van der Waals surface area contributed by atoms with E-state index < -0.39 is 17.6 Å². The molecule has 0 aliphatic heterocycles. The van der Waals surface area contributed by atoms with E-state index in [0.29, 0.717) is 34.9 Å². The molecule has 0 atom stereocenters. The van der Waals surface area contributed by atoms with Crippen LogP contribution < -0.4 is 10.1 Å². The number of aryl methyl sites for hydroxylation is 1. The Hall–Kier alpha value is -4.04. The number of aromatic nitrogens is 3. The van der Waals surface area contributed by atoms with Crippen LogP contribution in [0.1, 0.15) is 27.9 Å². The van der Waals surface area contributed by atoms with Gasteiger partial charge in [-0.05, 0) is 25.5 Å². The molecule has 11 heteroatoms. The van der Waals surface area contributed by atoms with Gasteiger partial charge in [-0.25, -0.2) is 23.5 Å². The van der Waals surface area contributed by atoms with E-state index in [1.165, 1.54) is 17.0 Å². The van der Waals surface area contributed by atoms with E-state index in [1.807, 2.05) is 6.07 Å². The Bertz CT molecular complexity index is 1440. The molecule has 0 saturated heterocycles. The van der Waals surface area contributed by atoms with Gasteiger partial charge >= 0.3 is 5.97 Å². The largest absolute Gasteiger partial charge is 0.492 e. The normalized spacial score (nSPS) is 10.9. The van der Waals surface area contributed by atoms with Gasteiger partial charge in [0.1, 0.15) is 41.3 Å². The Kier molecular flexibility index (Phi) is 6.43. The molecule has 0 spiro atoms. The minimum Gasteiger partial charge on any atom is -0.492 e. The average molecular weight is 484 g/mol. The number of halogens is 2. The van der Waals surface area contributed by atoms with E-state index in [2.05, 4.69) is 15.3 Å². The lowest BCUT2D eigenvalue weighted by Gasteiger charge is -2.11. The molecule has 0 unspecified atom stereocenters. The monoisotopic (exact) mass is 483 g/mol. The van der Waals surface area contributed by atoms with Crippen LogP contribution in [0.15, 0.2) is 30.6 Å². The van der Waals surface area contributed by atoms with Gasteiger partial charge in [-0.3, -0.25) is 0 Å². The van der Waals surface area contributed by atoms with Crippen molar-refractivity contribution in [3.63, 3.8) is 0 Å². The van der Waals surface area contributed by atoms with E-state index in [1.54, 1.807) is 26.0 Å². The lowest BCUT2D eigenvalue weighted by Crippen LogP contribution is -2.13. The molecule has 0 saturated carbocycles. The number of hydrogen-bond acceptors (Lipinski definition) is 7. The van der Waals surface area contributed by atoms with Crippen LogP contribution in [0.25, 0.3) is 21.5 Å². The van der Waals surface area contributed by atoms with Gasteiger partial charge in [0.2, 0.25) is 0 Å². The van der Waals surface area contributed by atoms with Crippen LogP contribution in [0.4, 0.5) is 14.6 Å². The van der Waals surface area contributed by atoms with Crippen molar-refractivity contribution in [2.45, 2.75) is 20.4 Å². The molecule has 34 heavy (non-hydrogen) atoms. The highest BCUT2D eigenvalue weighted by atomic mass is 32.1. The molecule has 0 aliphatic rings. The first-order chi connectivity index (χ1) is 16.3. The smallest absolute Gasteiger partial charge is 0.349 e. The quantitative estimate of drug-likeness (QED) is 0.369. The Morgan fingerprint density at radius 2 is 2.06 bits per heavy atom. The maximum absolute atomic E-state index is 14.5. The van der Waals surface area contributed by atoms with Crippen molar-refractivity contribution in [3.8, 4) is 22.4 Å².